The minimum absolute atomic E-state index is 0.502. The Kier molecular flexibility index (Phi) is 4.01. The third kappa shape index (κ3) is 2.85. The minimum atomic E-state index is -1.30. The van der Waals surface area contributed by atoms with Gasteiger partial charge >= 0.3 is 5.97 Å². The van der Waals surface area contributed by atoms with Crippen molar-refractivity contribution in [2.45, 2.75) is 26.4 Å². The number of carbonyl (C=O) groups is 1. The smallest absolute Gasteiger partial charge is 0.347 e. The second kappa shape index (κ2) is 5.87. The lowest BCUT2D eigenvalue weighted by Gasteiger charge is -2.21. The minimum Gasteiger partial charge on any atom is -0.478 e. The first-order chi connectivity index (χ1) is 11.3. The molecule has 0 saturated heterocycles. The fraction of sp³-hybridized carbons (Fsp3) is 0.211. The van der Waals surface area contributed by atoms with E-state index in [4.69, 9.17) is 16.3 Å². The predicted molar refractivity (Wildman–Crippen MR) is 95.8 cm³/mol. The van der Waals surface area contributed by atoms with Crippen LogP contribution in [0.5, 0.6) is 5.75 Å². The monoisotopic (exact) mass is 343 g/mol. The Balaban J connectivity index is 2.15. The van der Waals surface area contributed by atoms with Crippen LogP contribution < -0.4 is 4.74 Å². The van der Waals surface area contributed by atoms with E-state index in [1.807, 2.05) is 43.3 Å². The molecule has 1 heterocycles. The van der Waals surface area contributed by atoms with Crippen molar-refractivity contribution in [3.05, 3.63) is 53.2 Å². The Morgan fingerprint density at radius 2 is 1.92 bits per heavy atom. The number of H-pyrrole nitrogens is 1. The molecule has 0 aliphatic carbocycles. The standard InChI is InChI=1S/C19H18ClNO3/c1-11-17(13-6-4-5-7-15(13)20)14-10-12(8-9-16(14)21-11)24-19(2,3)18(22)23/h4-10,21H,1-3H3,(H,22,23). The molecule has 0 bridgehead atoms. The van der Waals surface area contributed by atoms with E-state index in [1.165, 1.54) is 13.8 Å². The fourth-order valence-corrected chi connectivity index (χ4v) is 2.95. The molecule has 3 rings (SSSR count). The Labute approximate surface area is 145 Å². The van der Waals surface area contributed by atoms with Gasteiger partial charge in [-0.05, 0) is 45.0 Å². The van der Waals surface area contributed by atoms with Crippen molar-refractivity contribution in [3.8, 4) is 16.9 Å². The van der Waals surface area contributed by atoms with Crippen LogP contribution in [0, 0.1) is 6.92 Å². The van der Waals surface area contributed by atoms with Gasteiger partial charge in [-0.1, -0.05) is 29.8 Å². The molecular formula is C19H18ClNO3. The number of carboxylic acid groups (broad SMARTS) is 1. The van der Waals surface area contributed by atoms with Gasteiger partial charge in [-0.2, -0.15) is 0 Å². The van der Waals surface area contributed by atoms with E-state index in [1.54, 1.807) is 6.07 Å². The topological polar surface area (TPSA) is 62.3 Å². The number of rotatable bonds is 4. The number of hydrogen-bond acceptors (Lipinski definition) is 2. The highest BCUT2D eigenvalue weighted by Crippen LogP contribution is 2.38. The molecule has 0 radical (unpaired) electrons. The zero-order valence-corrected chi connectivity index (χ0v) is 14.4. The number of aromatic nitrogens is 1. The molecule has 0 unspecified atom stereocenters. The van der Waals surface area contributed by atoms with Gasteiger partial charge in [0, 0.05) is 32.7 Å². The molecule has 2 N–H and O–H groups in total. The summed E-state index contributed by atoms with van der Waals surface area (Å²) in [5.41, 5.74) is 2.56. The maximum absolute atomic E-state index is 11.3. The molecule has 5 heteroatoms. The maximum Gasteiger partial charge on any atom is 0.347 e. The zero-order chi connectivity index (χ0) is 17.5. The first kappa shape index (κ1) is 16.4. The molecule has 0 aliphatic rings. The van der Waals surface area contributed by atoms with Crippen LogP contribution in [0.3, 0.4) is 0 Å². The average molecular weight is 344 g/mol. The highest BCUT2D eigenvalue weighted by molar-refractivity contribution is 6.33. The van der Waals surface area contributed by atoms with Gasteiger partial charge in [0.05, 0.1) is 0 Å². The molecule has 0 aliphatic heterocycles. The highest BCUT2D eigenvalue weighted by Gasteiger charge is 2.29. The summed E-state index contributed by atoms with van der Waals surface area (Å²) >= 11 is 6.35. The number of nitrogens with one attached hydrogen (secondary N) is 1. The molecule has 3 aromatic rings. The van der Waals surface area contributed by atoms with Crippen LogP contribution in [0.1, 0.15) is 19.5 Å². The van der Waals surface area contributed by atoms with E-state index in [-0.39, 0.29) is 0 Å². The molecule has 0 spiro atoms. The van der Waals surface area contributed by atoms with Gasteiger partial charge in [0.25, 0.3) is 0 Å². The Bertz CT molecular complexity index is 928. The SMILES string of the molecule is Cc1[nH]c2ccc(OC(C)(C)C(=O)O)cc2c1-c1ccccc1Cl. The van der Waals surface area contributed by atoms with Crippen LogP contribution in [-0.2, 0) is 4.79 Å². The van der Waals surface area contributed by atoms with Gasteiger partial charge < -0.3 is 14.8 Å². The van der Waals surface area contributed by atoms with Crippen molar-refractivity contribution in [2.24, 2.45) is 0 Å². The number of aromatic amines is 1. The van der Waals surface area contributed by atoms with Crippen LogP contribution in [0.25, 0.3) is 22.0 Å². The Morgan fingerprint density at radius 3 is 2.58 bits per heavy atom. The second-order valence-electron chi connectivity index (χ2n) is 6.23. The number of halogens is 1. The third-order valence-corrected chi connectivity index (χ3v) is 4.32. The number of fused-ring (bicyclic) bond motifs is 1. The Hall–Kier alpha value is -2.46. The fourth-order valence-electron chi connectivity index (χ4n) is 2.72. The molecular weight excluding hydrogens is 326 g/mol. The predicted octanol–water partition coefficient (Wildman–Crippen LogP) is 5.04. The van der Waals surface area contributed by atoms with E-state index in [2.05, 4.69) is 4.98 Å². The van der Waals surface area contributed by atoms with Crippen LogP contribution in [0.2, 0.25) is 5.02 Å². The molecule has 24 heavy (non-hydrogen) atoms. The molecule has 2 aromatic carbocycles. The Morgan fingerprint density at radius 1 is 1.21 bits per heavy atom. The van der Waals surface area contributed by atoms with E-state index < -0.39 is 11.6 Å². The van der Waals surface area contributed by atoms with Crippen molar-refractivity contribution >= 4 is 28.5 Å². The number of aryl methyl sites for hydroxylation is 1. The van der Waals surface area contributed by atoms with Crippen LogP contribution in [-0.4, -0.2) is 21.7 Å². The summed E-state index contributed by atoms with van der Waals surface area (Å²) in [5, 5.41) is 10.8. The normalized spacial score (nSPS) is 11.7. The zero-order valence-electron chi connectivity index (χ0n) is 13.7. The molecule has 4 nitrogen and oxygen atoms in total. The first-order valence-corrected chi connectivity index (χ1v) is 7.97. The third-order valence-electron chi connectivity index (χ3n) is 3.99. The number of benzene rings is 2. The molecule has 0 fully saturated rings. The maximum atomic E-state index is 11.3. The van der Waals surface area contributed by atoms with E-state index >= 15 is 0 Å². The van der Waals surface area contributed by atoms with Gasteiger partial charge in [0.15, 0.2) is 5.60 Å². The molecule has 0 saturated carbocycles. The van der Waals surface area contributed by atoms with E-state index in [0.29, 0.717) is 10.8 Å². The largest absolute Gasteiger partial charge is 0.478 e. The summed E-state index contributed by atoms with van der Waals surface area (Å²) < 4.78 is 5.66. The molecule has 1 aromatic heterocycles. The highest BCUT2D eigenvalue weighted by atomic mass is 35.5. The van der Waals surface area contributed by atoms with E-state index in [0.717, 1.165) is 27.7 Å². The molecule has 0 amide bonds. The van der Waals surface area contributed by atoms with Gasteiger partial charge in [0.2, 0.25) is 0 Å². The first-order valence-electron chi connectivity index (χ1n) is 7.59. The summed E-state index contributed by atoms with van der Waals surface area (Å²) in [6.07, 6.45) is 0. The quantitative estimate of drug-likeness (QED) is 0.697. The van der Waals surface area contributed by atoms with Gasteiger partial charge in [-0.3, -0.25) is 0 Å². The van der Waals surface area contributed by atoms with Crippen LogP contribution >= 0.6 is 11.6 Å². The van der Waals surface area contributed by atoms with Crippen molar-refractivity contribution < 1.29 is 14.6 Å². The summed E-state index contributed by atoms with van der Waals surface area (Å²) in [6, 6.07) is 13.1. The van der Waals surface area contributed by atoms with Crippen molar-refractivity contribution in [2.75, 3.05) is 0 Å². The van der Waals surface area contributed by atoms with Crippen molar-refractivity contribution in [1.29, 1.82) is 0 Å². The average Bonchev–Trinajstić information content (AvgIpc) is 2.83. The molecule has 124 valence electrons. The van der Waals surface area contributed by atoms with Gasteiger partial charge in [0.1, 0.15) is 5.75 Å². The summed E-state index contributed by atoms with van der Waals surface area (Å²) in [7, 11) is 0. The number of hydrogen-bond donors (Lipinski definition) is 2. The van der Waals surface area contributed by atoms with Gasteiger partial charge in [-0.15, -0.1) is 0 Å². The lowest BCUT2D eigenvalue weighted by atomic mass is 10.0. The summed E-state index contributed by atoms with van der Waals surface area (Å²) in [5.74, 6) is -0.513. The van der Waals surface area contributed by atoms with Crippen molar-refractivity contribution in [1.82, 2.24) is 4.98 Å². The number of carboxylic acids is 1. The molecule has 0 atom stereocenters. The number of aliphatic carboxylic acids is 1. The van der Waals surface area contributed by atoms with E-state index in [9.17, 15) is 9.90 Å². The lowest BCUT2D eigenvalue weighted by molar-refractivity contribution is -0.152. The van der Waals surface area contributed by atoms with Crippen LogP contribution in [0.15, 0.2) is 42.5 Å². The van der Waals surface area contributed by atoms with Gasteiger partial charge in [-0.25, -0.2) is 4.79 Å². The van der Waals surface area contributed by atoms with Crippen molar-refractivity contribution in [3.63, 3.8) is 0 Å². The summed E-state index contributed by atoms with van der Waals surface area (Å²) in [6.45, 7) is 5.04. The summed E-state index contributed by atoms with van der Waals surface area (Å²) in [4.78, 5) is 14.6. The number of ether oxygens (including phenoxy) is 1. The lowest BCUT2D eigenvalue weighted by Crippen LogP contribution is -2.37. The second-order valence-corrected chi connectivity index (χ2v) is 6.64. The van der Waals surface area contributed by atoms with Crippen LogP contribution in [0.4, 0.5) is 0 Å².